The van der Waals surface area contributed by atoms with Crippen molar-refractivity contribution in [1.29, 1.82) is 0 Å². The van der Waals surface area contributed by atoms with Crippen molar-refractivity contribution in [3.8, 4) is 17.2 Å². The fourth-order valence-corrected chi connectivity index (χ4v) is 3.48. The zero-order valence-corrected chi connectivity index (χ0v) is 15.0. The lowest BCUT2D eigenvalue weighted by molar-refractivity contribution is -0.633. The maximum atomic E-state index is 4.72. The zero-order valence-electron chi connectivity index (χ0n) is 15.0. The molecule has 4 rings (SSSR count). The van der Waals surface area contributed by atoms with Gasteiger partial charge >= 0.3 is 0 Å². The highest BCUT2D eigenvalue weighted by molar-refractivity contribution is 5.79. The molecular weight excluding hydrogens is 308 g/mol. The quantitative estimate of drug-likeness (QED) is 0.524. The Labute approximate surface area is 147 Å². The first-order valence-corrected chi connectivity index (χ1v) is 8.44. The third-order valence-corrected chi connectivity index (χ3v) is 4.58. The number of rotatable bonds is 2. The van der Waals surface area contributed by atoms with Crippen LogP contribution in [0.1, 0.15) is 17.1 Å². The van der Waals surface area contributed by atoms with E-state index in [-0.39, 0.29) is 0 Å². The van der Waals surface area contributed by atoms with E-state index in [4.69, 9.17) is 4.98 Å². The minimum Gasteiger partial charge on any atom is -0.238 e. The van der Waals surface area contributed by atoms with Crippen molar-refractivity contribution < 1.29 is 4.57 Å². The van der Waals surface area contributed by atoms with E-state index >= 15 is 0 Å². The smallest absolute Gasteiger partial charge is 0.238 e. The van der Waals surface area contributed by atoms with Gasteiger partial charge in [0, 0.05) is 11.8 Å². The monoisotopic (exact) mass is 329 g/mol. The average Bonchev–Trinajstić information content (AvgIpc) is 2.88. The van der Waals surface area contributed by atoms with Crippen LogP contribution in [-0.4, -0.2) is 14.5 Å². The second-order valence-electron chi connectivity index (χ2n) is 6.44. The highest BCUT2D eigenvalue weighted by Gasteiger charge is 2.27. The second-order valence-corrected chi connectivity index (χ2v) is 6.44. The summed E-state index contributed by atoms with van der Waals surface area (Å²) in [6.45, 7) is 6.10. The summed E-state index contributed by atoms with van der Waals surface area (Å²) < 4.78 is 4.48. The molecule has 124 valence electrons. The molecule has 0 atom stereocenters. The Bertz CT molecular complexity index is 1070. The molecule has 0 saturated carbocycles. The Hall–Kier alpha value is -3.01. The van der Waals surface area contributed by atoms with E-state index in [0.717, 1.165) is 28.7 Å². The van der Waals surface area contributed by atoms with Crippen LogP contribution in [0, 0.1) is 20.8 Å². The van der Waals surface area contributed by atoms with Crippen LogP contribution in [0.15, 0.2) is 54.6 Å². The molecule has 4 heteroatoms. The molecule has 0 fully saturated rings. The Morgan fingerprint density at radius 2 is 1.60 bits per heavy atom. The second kappa shape index (κ2) is 5.81. The first kappa shape index (κ1) is 15.5. The third-order valence-electron chi connectivity index (χ3n) is 4.58. The molecule has 0 amide bonds. The number of imidazole rings is 1. The van der Waals surface area contributed by atoms with E-state index in [1.165, 1.54) is 16.6 Å². The highest BCUT2D eigenvalue weighted by atomic mass is 15.2. The predicted molar refractivity (Wildman–Crippen MR) is 99.7 cm³/mol. The molecule has 0 saturated heterocycles. The Morgan fingerprint density at radius 1 is 0.880 bits per heavy atom. The summed E-state index contributed by atoms with van der Waals surface area (Å²) in [4.78, 5) is 9.16. The van der Waals surface area contributed by atoms with E-state index in [1.807, 2.05) is 19.9 Å². The van der Waals surface area contributed by atoms with Crippen LogP contribution in [0.25, 0.3) is 28.2 Å². The van der Waals surface area contributed by atoms with E-state index in [0.29, 0.717) is 0 Å². The molecule has 2 heterocycles. The molecule has 0 bridgehead atoms. The summed E-state index contributed by atoms with van der Waals surface area (Å²) in [5.74, 6) is 2.81. The number of benzene rings is 2. The molecule has 0 aliphatic heterocycles. The first-order chi connectivity index (χ1) is 12.1. The van der Waals surface area contributed by atoms with Crippen molar-refractivity contribution in [3.63, 3.8) is 0 Å². The van der Waals surface area contributed by atoms with Crippen LogP contribution in [0.3, 0.4) is 0 Å². The lowest BCUT2D eigenvalue weighted by atomic mass is 10.1. The van der Waals surface area contributed by atoms with E-state index < -0.39 is 0 Å². The third kappa shape index (κ3) is 2.50. The molecule has 0 aliphatic carbocycles. The van der Waals surface area contributed by atoms with Crippen LogP contribution in [-0.2, 0) is 7.05 Å². The standard InChI is InChI=1S/C21H21N4/c1-14-9-5-6-10-17(14)21-24(4)18-11-7-8-12-19(18)25(21)20-13-15(2)22-16(3)23-20/h5-13H,1-4H3/q+1. The van der Waals surface area contributed by atoms with Gasteiger partial charge in [-0.2, -0.15) is 9.55 Å². The fraction of sp³-hybridized carbons (Fsp3) is 0.190. The van der Waals surface area contributed by atoms with Gasteiger partial charge in [-0.1, -0.05) is 30.3 Å². The summed E-state index contributed by atoms with van der Waals surface area (Å²) in [7, 11) is 2.11. The lowest BCUT2D eigenvalue weighted by Crippen LogP contribution is -2.30. The minimum atomic E-state index is 0.783. The largest absolute Gasteiger partial charge is 0.296 e. The lowest BCUT2D eigenvalue weighted by Gasteiger charge is -2.06. The van der Waals surface area contributed by atoms with Gasteiger partial charge in [0.2, 0.25) is 5.82 Å². The number of fused-ring (bicyclic) bond motifs is 1. The zero-order chi connectivity index (χ0) is 17.6. The summed E-state index contributed by atoms with van der Waals surface area (Å²) >= 11 is 0. The summed E-state index contributed by atoms with van der Waals surface area (Å²) in [6, 6.07) is 19.0. The SMILES string of the molecule is Cc1cc(-n2c(-c3ccccc3C)[n+](C)c3ccccc32)nc(C)n1. The maximum Gasteiger partial charge on any atom is 0.296 e. The van der Waals surface area contributed by atoms with Gasteiger partial charge in [0.15, 0.2) is 11.0 Å². The van der Waals surface area contributed by atoms with Crippen LogP contribution < -0.4 is 4.57 Å². The number of hydrogen-bond acceptors (Lipinski definition) is 2. The van der Waals surface area contributed by atoms with Crippen LogP contribution >= 0.6 is 0 Å². The van der Waals surface area contributed by atoms with Gasteiger partial charge in [0.05, 0.1) is 12.6 Å². The fourth-order valence-electron chi connectivity index (χ4n) is 3.48. The molecule has 0 aliphatic rings. The van der Waals surface area contributed by atoms with Gasteiger partial charge in [0.25, 0.3) is 5.82 Å². The Morgan fingerprint density at radius 3 is 2.36 bits per heavy atom. The van der Waals surface area contributed by atoms with Crippen LogP contribution in [0.4, 0.5) is 0 Å². The van der Waals surface area contributed by atoms with Gasteiger partial charge in [0.1, 0.15) is 5.82 Å². The van der Waals surface area contributed by atoms with Gasteiger partial charge < -0.3 is 0 Å². The molecule has 4 aromatic rings. The van der Waals surface area contributed by atoms with Crippen molar-refractivity contribution in [1.82, 2.24) is 14.5 Å². The van der Waals surface area contributed by atoms with E-state index in [9.17, 15) is 0 Å². The number of aromatic nitrogens is 4. The number of para-hydroxylation sites is 2. The summed E-state index contributed by atoms with van der Waals surface area (Å²) in [5.41, 5.74) is 5.73. The summed E-state index contributed by atoms with van der Waals surface area (Å²) in [6.07, 6.45) is 0. The molecular formula is C21H21N4+. The van der Waals surface area contributed by atoms with E-state index in [2.05, 4.69) is 76.6 Å². The highest BCUT2D eigenvalue weighted by Crippen LogP contribution is 2.28. The molecule has 4 nitrogen and oxygen atoms in total. The average molecular weight is 329 g/mol. The topological polar surface area (TPSA) is 34.6 Å². The normalized spacial score (nSPS) is 11.2. The van der Waals surface area contributed by atoms with Gasteiger partial charge in [-0.15, -0.1) is 0 Å². The molecule has 2 aromatic heterocycles. The molecule has 0 spiro atoms. The number of nitrogens with zero attached hydrogens (tertiary/aromatic N) is 4. The van der Waals surface area contributed by atoms with Crippen molar-refractivity contribution in [2.45, 2.75) is 20.8 Å². The van der Waals surface area contributed by atoms with Crippen molar-refractivity contribution >= 4 is 11.0 Å². The van der Waals surface area contributed by atoms with Gasteiger partial charge in [-0.3, -0.25) is 0 Å². The number of aryl methyl sites for hydroxylation is 4. The van der Waals surface area contributed by atoms with Gasteiger partial charge in [-0.05, 0) is 44.5 Å². The van der Waals surface area contributed by atoms with Crippen LogP contribution in [0.5, 0.6) is 0 Å². The minimum absolute atomic E-state index is 0.783. The van der Waals surface area contributed by atoms with Crippen molar-refractivity contribution in [3.05, 3.63) is 71.7 Å². The number of hydrogen-bond donors (Lipinski definition) is 0. The molecule has 0 N–H and O–H groups in total. The van der Waals surface area contributed by atoms with E-state index in [1.54, 1.807) is 0 Å². The first-order valence-electron chi connectivity index (χ1n) is 8.44. The van der Waals surface area contributed by atoms with Gasteiger partial charge in [-0.25, -0.2) is 9.55 Å². The Balaban J connectivity index is 2.16. The van der Waals surface area contributed by atoms with Crippen LogP contribution in [0.2, 0.25) is 0 Å². The molecule has 2 aromatic carbocycles. The maximum absolute atomic E-state index is 4.72. The predicted octanol–water partition coefficient (Wildman–Crippen LogP) is 3.84. The molecule has 25 heavy (non-hydrogen) atoms. The van der Waals surface area contributed by atoms with Crippen molar-refractivity contribution in [2.75, 3.05) is 0 Å². The Kier molecular flexibility index (Phi) is 3.61. The van der Waals surface area contributed by atoms with Crippen molar-refractivity contribution in [2.24, 2.45) is 7.05 Å². The molecule has 0 radical (unpaired) electrons. The summed E-state index contributed by atoms with van der Waals surface area (Å²) in [5, 5.41) is 0. The molecule has 0 unspecified atom stereocenters.